The predicted octanol–water partition coefficient (Wildman–Crippen LogP) is 2.35. The molecule has 1 saturated heterocycles. The van der Waals surface area contributed by atoms with Gasteiger partial charge in [-0.05, 0) is 30.5 Å². The molecule has 6 nitrogen and oxygen atoms in total. The molecule has 3 heterocycles. The standard InChI is InChI=1S/C19H22F3N5O/c20-19(21,22)15-3-1-13(2-4-15)11-17(28)26-8-5-14(6-9-26)18-25-24-16-12-23-7-10-27(16)18/h1-4,14,23H,5-12H2. The number of hydrogen-bond acceptors (Lipinski definition) is 4. The zero-order valence-electron chi connectivity index (χ0n) is 15.4. The van der Waals surface area contributed by atoms with Crippen molar-refractivity contribution < 1.29 is 18.0 Å². The number of likely N-dealkylation sites (tertiary alicyclic amines) is 1. The first-order valence-corrected chi connectivity index (χ1v) is 9.48. The van der Waals surface area contributed by atoms with Crippen LogP contribution < -0.4 is 5.32 Å². The second kappa shape index (κ2) is 7.54. The van der Waals surface area contributed by atoms with Gasteiger partial charge in [-0.2, -0.15) is 13.2 Å². The zero-order valence-corrected chi connectivity index (χ0v) is 15.4. The van der Waals surface area contributed by atoms with E-state index in [0.29, 0.717) is 18.7 Å². The van der Waals surface area contributed by atoms with Crippen molar-refractivity contribution in [2.24, 2.45) is 0 Å². The summed E-state index contributed by atoms with van der Waals surface area (Å²) in [6.45, 7) is 3.76. The SMILES string of the molecule is O=C(Cc1ccc(C(F)(F)F)cc1)N1CCC(c2nnc3n2CCNC3)CC1. The lowest BCUT2D eigenvalue weighted by atomic mass is 9.95. The highest BCUT2D eigenvalue weighted by molar-refractivity contribution is 5.78. The fourth-order valence-electron chi connectivity index (χ4n) is 3.90. The van der Waals surface area contributed by atoms with E-state index in [1.165, 1.54) is 12.1 Å². The summed E-state index contributed by atoms with van der Waals surface area (Å²) in [5.41, 5.74) is -0.101. The third-order valence-electron chi connectivity index (χ3n) is 5.50. The number of piperidine rings is 1. The van der Waals surface area contributed by atoms with Crippen LogP contribution in [-0.2, 0) is 30.5 Å². The van der Waals surface area contributed by atoms with Crippen LogP contribution in [0.4, 0.5) is 13.2 Å². The third kappa shape index (κ3) is 3.89. The number of nitrogens with one attached hydrogen (secondary N) is 1. The van der Waals surface area contributed by atoms with Gasteiger partial charge in [0.2, 0.25) is 5.91 Å². The van der Waals surface area contributed by atoms with Crippen LogP contribution in [0.25, 0.3) is 0 Å². The minimum atomic E-state index is -4.36. The largest absolute Gasteiger partial charge is 0.416 e. The van der Waals surface area contributed by atoms with E-state index in [0.717, 1.165) is 56.3 Å². The second-order valence-corrected chi connectivity index (χ2v) is 7.33. The number of carbonyl (C=O) groups excluding carboxylic acids is 1. The lowest BCUT2D eigenvalue weighted by Crippen LogP contribution is -2.39. The van der Waals surface area contributed by atoms with Crippen LogP contribution in [0.5, 0.6) is 0 Å². The Morgan fingerprint density at radius 3 is 2.50 bits per heavy atom. The Morgan fingerprint density at radius 1 is 1.11 bits per heavy atom. The molecule has 1 fully saturated rings. The molecule has 150 valence electrons. The summed E-state index contributed by atoms with van der Waals surface area (Å²) in [5.74, 6) is 2.20. The van der Waals surface area contributed by atoms with Gasteiger partial charge in [0.25, 0.3) is 0 Å². The minimum absolute atomic E-state index is 0.0503. The van der Waals surface area contributed by atoms with Crippen molar-refractivity contribution in [3.05, 3.63) is 47.0 Å². The maximum absolute atomic E-state index is 12.6. The maximum Gasteiger partial charge on any atom is 0.416 e. The highest BCUT2D eigenvalue weighted by Crippen LogP contribution is 2.30. The topological polar surface area (TPSA) is 63.1 Å². The van der Waals surface area contributed by atoms with Gasteiger partial charge in [-0.3, -0.25) is 4.79 Å². The molecule has 2 aromatic rings. The second-order valence-electron chi connectivity index (χ2n) is 7.33. The minimum Gasteiger partial charge on any atom is -0.342 e. The first-order chi connectivity index (χ1) is 13.4. The van der Waals surface area contributed by atoms with Crippen molar-refractivity contribution in [1.29, 1.82) is 0 Å². The fourth-order valence-corrected chi connectivity index (χ4v) is 3.90. The molecule has 0 radical (unpaired) electrons. The number of nitrogens with zero attached hydrogens (tertiary/aromatic N) is 4. The monoisotopic (exact) mass is 393 g/mol. The summed E-state index contributed by atoms with van der Waals surface area (Å²) in [4.78, 5) is 14.3. The van der Waals surface area contributed by atoms with Crippen molar-refractivity contribution in [3.8, 4) is 0 Å². The molecule has 9 heteroatoms. The molecule has 28 heavy (non-hydrogen) atoms. The Bertz CT molecular complexity index is 838. The molecule has 0 aliphatic carbocycles. The Morgan fingerprint density at radius 2 is 1.82 bits per heavy atom. The summed E-state index contributed by atoms with van der Waals surface area (Å²) in [6.07, 6.45) is -2.59. The number of halogens is 3. The Labute approximate surface area is 160 Å². The molecule has 1 aromatic carbocycles. The Balaban J connectivity index is 1.33. The lowest BCUT2D eigenvalue weighted by molar-refractivity contribution is -0.137. The van der Waals surface area contributed by atoms with Crippen LogP contribution in [0, 0.1) is 0 Å². The number of carbonyl (C=O) groups is 1. The molecule has 2 aliphatic heterocycles. The highest BCUT2D eigenvalue weighted by atomic mass is 19.4. The first-order valence-electron chi connectivity index (χ1n) is 9.48. The summed E-state index contributed by atoms with van der Waals surface area (Å²) >= 11 is 0. The molecule has 1 amide bonds. The summed E-state index contributed by atoms with van der Waals surface area (Å²) < 4.78 is 40.1. The van der Waals surface area contributed by atoms with Gasteiger partial charge in [-0.15, -0.1) is 10.2 Å². The Hall–Kier alpha value is -2.42. The van der Waals surface area contributed by atoms with Gasteiger partial charge < -0.3 is 14.8 Å². The number of rotatable bonds is 3. The van der Waals surface area contributed by atoms with Crippen molar-refractivity contribution in [2.45, 2.75) is 44.4 Å². The van der Waals surface area contributed by atoms with E-state index in [4.69, 9.17) is 0 Å². The van der Waals surface area contributed by atoms with Gasteiger partial charge in [0.1, 0.15) is 11.6 Å². The molecule has 0 bridgehead atoms. The van der Waals surface area contributed by atoms with Gasteiger partial charge >= 0.3 is 6.18 Å². The molecular formula is C19H22F3N5O. The number of alkyl halides is 3. The van der Waals surface area contributed by atoms with E-state index >= 15 is 0 Å². The van der Waals surface area contributed by atoms with Crippen LogP contribution >= 0.6 is 0 Å². The van der Waals surface area contributed by atoms with Gasteiger partial charge in [0.15, 0.2) is 0 Å². The average Bonchev–Trinajstić information content (AvgIpc) is 3.12. The zero-order chi connectivity index (χ0) is 19.7. The smallest absolute Gasteiger partial charge is 0.342 e. The summed E-state index contributed by atoms with van der Waals surface area (Å²) in [7, 11) is 0. The van der Waals surface area contributed by atoms with E-state index in [9.17, 15) is 18.0 Å². The van der Waals surface area contributed by atoms with Gasteiger partial charge in [-0.1, -0.05) is 12.1 Å². The molecule has 2 aliphatic rings. The van der Waals surface area contributed by atoms with Crippen LogP contribution in [-0.4, -0.2) is 45.2 Å². The molecule has 0 unspecified atom stereocenters. The molecular weight excluding hydrogens is 371 g/mol. The van der Waals surface area contributed by atoms with Crippen LogP contribution in [0.15, 0.2) is 24.3 Å². The van der Waals surface area contributed by atoms with Crippen molar-refractivity contribution >= 4 is 5.91 Å². The first kappa shape index (κ1) is 18.9. The molecule has 0 saturated carbocycles. The lowest BCUT2D eigenvalue weighted by Gasteiger charge is -2.32. The number of benzene rings is 1. The van der Waals surface area contributed by atoms with E-state index < -0.39 is 11.7 Å². The predicted molar refractivity (Wildman–Crippen MR) is 95.4 cm³/mol. The summed E-state index contributed by atoms with van der Waals surface area (Å²) in [5, 5.41) is 11.9. The van der Waals surface area contributed by atoms with Gasteiger partial charge in [0, 0.05) is 32.1 Å². The fraction of sp³-hybridized carbons (Fsp3) is 0.526. The highest BCUT2D eigenvalue weighted by Gasteiger charge is 2.31. The number of fused-ring (bicyclic) bond motifs is 1. The maximum atomic E-state index is 12.6. The van der Waals surface area contributed by atoms with Crippen molar-refractivity contribution in [1.82, 2.24) is 25.0 Å². The number of amides is 1. The summed E-state index contributed by atoms with van der Waals surface area (Å²) in [6, 6.07) is 4.81. The molecule has 0 atom stereocenters. The van der Waals surface area contributed by atoms with E-state index in [2.05, 4.69) is 20.1 Å². The average molecular weight is 393 g/mol. The quantitative estimate of drug-likeness (QED) is 0.870. The van der Waals surface area contributed by atoms with Crippen LogP contribution in [0.3, 0.4) is 0 Å². The van der Waals surface area contributed by atoms with Crippen LogP contribution in [0.2, 0.25) is 0 Å². The molecule has 4 rings (SSSR count). The van der Waals surface area contributed by atoms with E-state index in [-0.39, 0.29) is 18.2 Å². The third-order valence-corrected chi connectivity index (χ3v) is 5.50. The normalized spacial score (nSPS) is 18.2. The molecule has 1 aromatic heterocycles. The van der Waals surface area contributed by atoms with Gasteiger partial charge in [0.05, 0.1) is 18.5 Å². The van der Waals surface area contributed by atoms with Crippen molar-refractivity contribution in [2.75, 3.05) is 19.6 Å². The number of aromatic nitrogens is 3. The van der Waals surface area contributed by atoms with E-state index in [1.54, 1.807) is 4.90 Å². The van der Waals surface area contributed by atoms with Gasteiger partial charge in [-0.25, -0.2) is 0 Å². The Kier molecular flexibility index (Phi) is 5.09. The van der Waals surface area contributed by atoms with Crippen LogP contribution in [0.1, 0.15) is 41.5 Å². The van der Waals surface area contributed by atoms with Crippen molar-refractivity contribution in [3.63, 3.8) is 0 Å². The van der Waals surface area contributed by atoms with E-state index in [1.807, 2.05) is 0 Å². The molecule has 1 N–H and O–H groups in total. The number of hydrogen-bond donors (Lipinski definition) is 1. The molecule has 0 spiro atoms.